The molecule has 1 saturated heterocycles. The number of imide groups is 1. The van der Waals surface area contributed by atoms with Gasteiger partial charge in [0.25, 0.3) is 17.4 Å². The van der Waals surface area contributed by atoms with Crippen LogP contribution in [0, 0.1) is 0 Å². The van der Waals surface area contributed by atoms with Gasteiger partial charge in [-0.3, -0.25) is 24.3 Å². The fraction of sp³-hybridized carbons (Fsp3) is 0.316. The topological polar surface area (TPSA) is 97.4 Å². The maximum atomic E-state index is 12.4. The highest BCUT2D eigenvalue weighted by Gasteiger charge is 2.31. The first-order chi connectivity index (χ1) is 12.5. The maximum absolute atomic E-state index is 12.4. The molecule has 2 aliphatic rings. The van der Waals surface area contributed by atoms with Crippen LogP contribution in [0.2, 0.25) is 0 Å². The van der Waals surface area contributed by atoms with E-state index in [1.54, 1.807) is 0 Å². The van der Waals surface area contributed by atoms with E-state index in [1.165, 1.54) is 36.1 Å². The number of likely N-dealkylation sites (tertiary alicyclic amines) is 1. The number of fused-ring (bicyclic) bond motifs is 1. The Morgan fingerprint density at radius 3 is 2.38 bits per heavy atom. The SMILES string of the molecule is Nc1c2c(cc(=O)n1-c1ccc(CCN3CCCC3)cc1)C(=O)NC2=O. The molecule has 7 nitrogen and oxygen atoms in total. The average Bonchev–Trinajstić information content (AvgIpc) is 3.22. The second-order valence-corrected chi connectivity index (χ2v) is 6.74. The third kappa shape index (κ3) is 2.80. The summed E-state index contributed by atoms with van der Waals surface area (Å²) in [7, 11) is 0. The molecule has 1 aromatic heterocycles. The Labute approximate surface area is 150 Å². The molecule has 0 spiro atoms. The number of nitrogens with zero attached hydrogens (tertiary/aromatic N) is 2. The van der Waals surface area contributed by atoms with Crippen molar-refractivity contribution < 1.29 is 9.59 Å². The number of pyridine rings is 1. The normalized spacial score (nSPS) is 16.8. The minimum Gasteiger partial charge on any atom is -0.384 e. The van der Waals surface area contributed by atoms with E-state index < -0.39 is 17.4 Å². The van der Waals surface area contributed by atoms with E-state index in [1.807, 2.05) is 24.3 Å². The van der Waals surface area contributed by atoms with Gasteiger partial charge in [0.05, 0.1) is 16.8 Å². The Morgan fingerprint density at radius 2 is 1.69 bits per heavy atom. The van der Waals surface area contributed by atoms with Gasteiger partial charge in [-0.25, -0.2) is 0 Å². The predicted molar refractivity (Wildman–Crippen MR) is 97.6 cm³/mol. The van der Waals surface area contributed by atoms with Crippen LogP contribution >= 0.6 is 0 Å². The largest absolute Gasteiger partial charge is 0.384 e. The van der Waals surface area contributed by atoms with Gasteiger partial charge in [-0.15, -0.1) is 0 Å². The summed E-state index contributed by atoms with van der Waals surface area (Å²) in [5.74, 6) is -1.17. The zero-order valence-electron chi connectivity index (χ0n) is 14.3. The minimum atomic E-state index is -0.585. The smallest absolute Gasteiger partial charge is 0.262 e. The van der Waals surface area contributed by atoms with Gasteiger partial charge in [0.2, 0.25) is 0 Å². The molecule has 4 rings (SSSR count). The number of nitrogens with one attached hydrogen (secondary N) is 1. The van der Waals surface area contributed by atoms with Gasteiger partial charge in [-0.2, -0.15) is 0 Å². The molecular formula is C19H20N4O3. The molecule has 0 saturated carbocycles. The number of nitrogen functional groups attached to an aromatic ring is 1. The minimum absolute atomic E-state index is 0.0133. The molecule has 2 amide bonds. The summed E-state index contributed by atoms with van der Waals surface area (Å²) in [6, 6.07) is 8.73. The second kappa shape index (κ2) is 6.42. The van der Waals surface area contributed by atoms with Gasteiger partial charge in [0.15, 0.2) is 0 Å². The van der Waals surface area contributed by atoms with Crippen molar-refractivity contribution in [3.8, 4) is 5.69 Å². The Hall–Kier alpha value is -2.93. The number of benzene rings is 1. The number of carbonyl (C=O) groups excluding carboxylic acids is 2. The van der Waals surface area contributed by atoms with Crippen molar-refractivity contribution in [3.63, 3.8) is 0 Å². The quantitative estimate of drug-likeness (QED) is 0.798. The number of amides is 2. The zero-order valence-corrected chi connectivity index (χ0v) is 14.3. The van der Waals surface area contributed by atoms with E-state index in [-0.39, 0.29) is 16.9 Å². The van der Waals surface area contributed by atoms with Gasteiger partial charge in [0.1, 0.15) is 5.82 Å². The highest BCUT2D eigenvalue weighted by Crippen LogP contribution is 2.23. The number of carbonyl (C=O) groups is 2. The van der Waals surface area contributed by atoms with Crippen LogP contribution < -0.4 is 16.6 Å². The van der Waals surface area contributed by atoms with E-state index >= 15 is 0 Å². The van der Waals surface area contributed by atoms with Crippen LogP contribution in [0.15, 0.2) is 35.1 Å². The molecule has 0 atom stereocenters. The Bertz CT molecular complexity index is 940. The van der Waals surface area contributed by atoms with Crippen LogP contribution in [0.5, 0.6) is 0 Å². The summed E-state index contributed by atoms with van der Waals surface area (Å²) in [4.78, 5) is 38.5. The van der Waals surface area contributed by atoms with E-state index in [0.29, 0.717) is 5.69 Å². The summed E-state index contributed by atoms with van der Waals surface area (Å²) in [6.45, 7) is 3.36. The lowest BCUT2D eigenvalue weighted by Crippen LogP contribution is -2.24. The zero-order chi connectivity index (χ0) is 18.3. The van der Waals surface area contributed by atoms with Crippen molar-refractivity contribution in [1.29, 1.82) is 0 Å². The Kier molecular flexibility index (Phi) is 4.08. The summed E-state index contributed by atoms with van der Waals surface area (Å²) in [5, 5.41) is 2.17. The monoisotopic (exact) mass is 352 g/mol. The third-order valence-electron chi connectivity index (χ3n) is 5.06. The van der Waals surface area contributed by atoms with Crippen LogP contribution in [-0.4, -0.2) is 40.9 Å². The van der Waals surface area contributed by atoms with Crippen molar-refractivity contribution in [2.45, 2.75) is 19.3 Å². The molecule has 0 bridgehead atoms. The van der Waals surface area contributed by atoms with Crippen molar-refractivity contribution in [1.82, 2.24) is 14.8 Å². The first-order valence-electron chi connectivity index (χ1n) is 8.77. The van der Waals surface area contributed by atoms with E-state index in [0.717, 1.165) is 19.0 Å². The molecule has 3 heterocycles. The van der Waals surface area contributed by atoms with Crippen molar-refractivity contribution >= 4 is 17.6 Å². The number of aromatic nitrogens is 1. The van der Waals surface area contributed by atoms with Crippen molar-refractivity contribution in [2.24, 2.45) is 0 Å². The lowest BCUT2D eigenvalue weighted by atomic mass is 10.1. The Balaban J connectivity index is 1.62. The molecule has 7 heteroatoms. The fourth-order valence-corrected chi connectivity index (χ4v) is 3.65. The molecular weight excluding hydrogens is 332 g/mol. The number of hydrogen-bond acceptors (Lipinski definition) is 5. The number of hydrogen-bond donors (Lipinski definition) is 2. The van der Waals surface area contributed by atoms with Gasteiger partial charge in [0, 0.05) is 12.6 Å². The Morgan fingerprint density at radius 1 is 1.00 bits per heavy atom. The van der Waals surface area contributed by atoms with Crippen LogP contribution in [-0.2, 0) is 6.42 Å². The second-order valence-electron chi connectivity index (χ2n) is 6.74. The number of anilines is 1. The summed E-state index contributed by atoms with van der Waals surface area (Å²) in [6.07, 6.45) is 3.50. The lowest BCUT2D eigenvalue weighted by molar-refractivity contribution is 0.0880. The van der Waals surface area contributed by atoms with E-state index in [4.69, 9.17) is 5.73 Å². The molecule has 3 N–H and O–H groups in total. The summed E-state index contributed by atoms with van der Waals surface area (Å²) in [5.41, 5.74) is 7.47. The van der Waals surface area contributed by atoms with Crippen LogP contribution in [0.4, 0.5) is 5.82 Å². The molecule has 0 aliphatic carbocycles. The number of nitrogens with two attached hydrogens (primary N) is 1. The average molecular weight is 352 g/mol. The van der Waals surface area contributed by atoms with E-state index in [2.05, 4.69) is 10.2 Å². The van der Waals surface area contributed by atoms with Gasteiger partial charge in [-0.05, 0) is 50.0 Å². The first kappa shape index (κ1) is 16.5. The van der Waals surface area contributed by atoms with Gasteiger partial charge < -0.3 is 10.6 Å². The highest BCUT2D eigenvalue weighted by atomic mass is 16.2. The summed E-state index contributed by atoms with van der Waals surface area (Å²) < 4.78 is 1.27. The number of rotatable bonds is 4. The third-order valence-corrected chi connectivity index (χ3v) is 5.06. The molecule has 2 aromatic rings. The van der Waals surface area contributed by atoms with Crippen LogP contribution in [0.3, 0.4) is 0 Å². The molecule has 0 radical (unpaired) electrons. The van der Waals surface area contributed by atoms with E-state index in [9.17, 15) is 14.4 Å². The molecule has 1 aromatic carbocycles. The van der Waals surface area contributed by atoms with Crippen molar-refractivity contribution in [3.05, 3.63) is 57.4 Å². The predicted octanol–water partition coefficient (Wildman–Crippen LogP) is 0.942. The fourth-order valence-electron chi connectivity index (χ4n) is 3.65. The molecule has 134 valence electrons. The molecule has 2 aliphatic heterocycles. The lowest BCUT2D eigenvalue weighted by Gasteiger charge is -2.15. The first-order valence-corrected chi connectivity index (χ1v) is 8.77. The molecule has 0 unspecified atom stereocenters. The van der Waals surface area contributed by atoms with Gasteiger partial charge >= 0.3 is 0 Å². The standard InChI is InChI=1S/C19H20N4O3/c20-17-16-14(18(25)21-19(16)26)11-15(24)23(17)13-5-3-12(4-6-13)7-10-22-8-1-2-9-22/h3-6,11H,1-2,7-10,20H2,(H,21,25,26). The highest BCUT2D eigenvalue weighted by molar-refractivity contribution is 6.23. The molecule has 1 fully saturated rings. The van der Waals surface area contributed by atoms with Crippen LogP contribution in [0.1, 0.15) is 39.1 Å². The summed E-state index contributed by atoms with van der Waals surface area (Å²) >= 11 is 0. The van der Waals surface area contributed by atoms with Crippen LogP contribution in [0.25, 0.3) is 5.69 Å². The maximum Gasteiger partial charge on any atom is 0.262 e. The van der Waals surface area contributed by atoms with Gasteiger partial charge in [-0.1, -0.05) is 12.1 Å². The molecule has 26 heavy (non-hydrogen) atoms. The van der Waals surface area contributed by atoms with Crippen molar-refractivity contribution in [2.75, 3.05) is 25.4 Å².